The van der Waals surface area contributed by atoms with E-state index in [0.29, 0.717) is 45.0 Å². The predicted octanol–water partition coefficient (Wildman–Crippen LogP) is 3.41. The number of piperazine rings is 1. The number of anilines is 1. The zero-order valence-electron chi connectivity index (χ0n) is 18.3. The van der Waals surface area contributed by atoms with Gasteiger partial charge < -0.3 is 19.4 Å². The summed E-state index contributed by atoms with van der Waals surface area (Å²) in [6.45, 7) is 2.54. The topological polar surface area (TPSA) is 53.1 Å². The van der Waals surface area contributed by atoms with Crippen molar-refractivity contribution in [2.45, 2.75) is 19.1 Å². The summed E-state index contributed by atoms with van der Waals surface area (Å²) in [5, 5.41) is 0. The van der Waals surface area contributed by atoms with Crippen LogP contribution in [0.2, 0.25) is 0 Å². The number of hydrogen-bond donors (Lipinski definition) is 0. The molecule has 2 aromatic carbocycles. The number of methoxy groups -OCH3 is 1. The van der Waals surface area contributed by atoms with Crippen molar-refractivity contribution in [3.05, 3.63) is 59.7 Å². The largest absolute Gasteiger partial charge is 0.497 e. The molecule has 6 nitrogen and oxygen atoms in total. The molecule has 0 saturated carbocycles. The monoisotopic (exact) mass is 461 g/mol. The third kappa shape index (κ3) is 5.23. The summed E-state index contributed by atoms with van der Waals surface area (Å²) in [7, 11) is 1.59. The summed E-state index contributed by atoms with van der Waals surface area (Å²) >= 11 is 0. The molecule has 2 fully saturated rings. The Morgan fingerprint density at radius 2 is 1.76 bits per heavy atom. The molecule has 0 radical (unpaired) electrons. The number of alkyl halides is 3. The van der Waals surface area contributed by atoms with Crippen molar-refractivity contribution < 1.29 is 27.5 Å². The summed E-state index contributed by atoms with van der Waals surface area (Å²) in [6, 6.07) is 12.7. The molecule has 9 heteroatoms. The molecule has 0 spiro atoms. The summed E-state index contributed by atoms with van der Waals surface area (Å²) in [4.78, 5) is 30.8. The summed E-state index contributed by atoms with van der Waals surface area (Å²) in [5.41, 5.74) is 0.783. The molecule has 0 aromatic heterocycles. The molecule has 176 valence electrons. The van der Waals surface area contributed by atoms with E-state index in [1.165, 1.54) is 6.07 Å². The second-order valence-electron chi connectivity index (χ2n) is 8.38. The SMILES string of the molecule is COc1ccc(CN2CC(C(=O)N3CCN(c4cccc(C(F)(F)F)c4)CC3)CC2=O)cc1. The second kappa shape index (κ2) is 9.33. The Morgan fingerprint density at radius 1 is 1.06 bits per heavy atom. The van der Waals surface area contributed by atoms with Crippen molar-refractivity contribution >= 4 is 17.5 Å². The molecule has 1 unspecified atom stereocenters. The lowest BCUT2D eigenvalue weighted by Crippen LogP contribution is -2.50. The number of carbonyl (C=O) groups excluding carboxylic acids is 2. The van der Waals surface area contributed by atoms with Gasteiger partial charge in [-0.3, -0.25) is 9.59 Å². The van der Waals surface area contributed by atoms with E-state index < -0.39 is 17.7 Å². The first kappa shape index (κ1) is 22.9. The van der Waals surface area contributed by atoms with E-state index in [2.05, 4.69) is 0 Å². The number of rotatable bonds is 5. The maximum atomic E-state index is 13.0. The minimum absolute atomic E-state index is 0.0493. The molecule has 2 aromatic rings. The van der Waals surface area contributed by atoms with E-state index in [9.17, 15) is 22.8 Å². The molecular formula is C24H26F3N3O3. The Bertz CT molecular complexity index is 1000. The third-order valence-corrected chi connectivity index (χ3v) is 6.23. The number of benzene rings is 2. The van der Waals surface area contributed by atoms with Crippen molar-refractivity contribution in [1.82, 2.24) is 9.80 Å². The molecule has 33 heavy (non-hydrogen) atoms. The molecule has 0 bridgehead atoms. The van der Waals surface area contributed by atoms with Gasteiger partial charge in [0, 0.05) is 51.4 Å². The Morgan fingerprint density at radius 3 is 2.39 bits per heavy atom. The van der Waals surface area contributed by atoms with Crippen LogP contribution >= 0.6 is 0 Å². The first-order valence-electron chi connectivity index (χ1n) is 10.9. The maximum absolute atomic E-state index is 13.0. The first-order chi connectivity index (χ1) is 15.7. The van der Waals surface area contributed by atoms with Crippen molar-refractivity contribution in [3.8, 4) is 5.75 Å². The normalized spacial score (nSPS) is 19.2. The fourth-order valence-corrected chi connectivity index (χ4v) is 4.36. The number of amides is 2. The smallest absolute Gasteiger partial charge is 0.416 e. The van der Waals surface area contributed by atoms with Crippen LogP contribution in [0.15, 0.2) is 48.5 Å². The number of ether oxygens (including phenoxy) is 1. The Balaban J connectivity index is 1.32. The van der Waals surface area contributed by atoms with Crippen LogP contribution in [0, 0.1) is 5.92 Å². The zero-order chi connectivity index (χ0) is 23.6. The number of likely N-dealkylation sites (tertiary alicyclic amines) is 1. The molecule has 2 aliphatic rings. The zero-order valence-corrected chi connectivity index (χ0v) is 18.3. The highest BCUT2D eigenvalue weighted by atomic mass is 19.4. The molecule has 4 rings (SSSR count). The highest BCUT2D eigenvalue weighted by Gasteiger charge is 2.37. The van der Waals surface area contributed by atoms with Crippen LogP contribution in [0.4, 0.5) is 18.9 Å². The summed E-state index contributed by atoms with van der Waals surface area (Å²) < 4.78 is 44.2. The Kier molecular flexibility index (Phi) is 6.49. The molecule has 2 amide bonds. The molecule has 1 atom stereocenters. The lowest BCUT2D eigenvalue weighted by atomic mass is 10.1. The third-order valence-electron chi connectivity index (χ3n) is 6.23. The molecule has 0 aliphatic carbocycles. The van der Waals surface area contributed by atoms with Crippen LogP contribution in [0.25, 0.3) is 0 Å². The number of hydrogen-bond acceptors (Lipinski definition) is 4. The molecular weight excluding hydrogens is 435 g/mol. The van der Waals surface area contributed by atoms with Crippen LogP contribution in [0.1, 0.15) is 17.5 Å². The van der Waals surface area contributed by atoms with Crippen LogP contribution in [-0.2, 0) is 22.3 Å². The second-order valence-corrected chi connectivity index (χ2v) is 8.38. The number of nitrogens with zero attached hydrogens (tertiary/aromatic N) is 3. The Labute approximate surface area is 190 Å². The van der Waals surface area contributed by atoms with Crippen molar-refractivity contribution in [1.29, 1.82) is 0 Å². The molecule has 2 saturated heterocycles. The van der Waals surface area contributed by atoms with E-state index in [0.717, 1.165) is 23.4 Å². The van der Waals surface area contributed by atoms with Gasteiger partial charge in [-0.15, -0.1) is 0 Å². The number of halogens is 3. The molecule has 2 heterocycles. The fourth-order valence-electron chi connectivity index (χ4n) is 4.36. The van der Waals surface area contributed by atoms with Crippen LogP contribution in [0.3, 0.4) is 0 Å². The van der Waals surface area contributed by atoms with Gasteiger partial charge >= 0.3 is 6.18 Å². The van der Waals surface area contributed by atoms with Gasteiger partial charge in [0.1, 0.15) is 5.75 Å². The lowest BCUT2D eigenvalue weighted by Gasteiger charge is -2.37. The van der Waals surface area contributed by atoms with E-state index in [-0.39, 0.29) is 18.2 Å². The quantitative estimate of drug-likeness (QED) is 0.685. The van der Waals surface area contributed by atoms with Gasteiger partial charge in [0.05, 0.1) is 18.6 Å². The van der Waals surface area contributed by atoms with Crippen LogP contribution in [0.5, 0.6) is 5.75 Å². The Hall–Kier alpha value is -3.23. The fraction of sp³-hybridized carbons (Fsp3) is 0.417. The van der Waals surface area contributed by atoms with Gasteiger partial charge in [0.15, 0.2) is 0 Å². The van der Waals surface area contributed by atoms with E-state index in [1.54, 1.807) is 23.0 Å². The lowest BCUT2D eigenvalue weighted by molar-refractivity contribution is -0.137. The van der Waals surface area contributed by atoms with Gasteiger partial charge in [-0.1, -0.05) is 18.2 Å². The average Bonchev–Trinajstić information content (AvgIpc) is 3.19. The minimum Gasteiger partial charge on any atom is -0.497 e. The van der Waals surface area contributed by atoms with Crippen molar-refractivity contribution in [3.63, 3.8) is 0 Å². The maximum Gasteiger partial charge on any atom is 0.416 e. The summed E-state index contributed by atoms with van der Waals surface area (Å²) in [6.07, 6.45) is -4.21. The standard InChI is InChI=1S/C24H26F3N3O3/c1-33-21-7-5-17(6-8-21)15-30-16-18(13-22(30)31)23(32)29-11-9-28(10-12-29)20-4-2-3-19(14-20)24(25,26)27/h2-8,14,18H,9-13,15-16H2,1H3. The molecule has 0 N–H and O–H groups in total. The first-order valence-corrected chi connectivity index (χ1v) is 10.9. The number of carbonyl (C=O) groups is 2. The van der Waals surface area contributed by atoms with E-state index in [1.807, 2.05) is 29.2 Å². The van der Waals surface area contributed by atoms with Crippen molar-refractivity contribution in [2.24, 2.45) is 5.92 Å². The van der Waals surface area contributed by atoms with Gasteiger partial charge in [-0.05, 0) is 35.9 Å². The average molecular weight is 461 g/mol. The van der Waals surface area contributed by atoms with Gasteiger partial charge in [-0.25, -0.2) is 0 Å². The van der Waals surface area contributed by atoms with E-state index in [4.69, 9.17) is 4.74 Å². The highest BCUT2D eigenvalue weighted by Crippen LogP contribution is 2.32. The van der Waals surface area contributed by atoms with E-state index >= 15 is 0 Å². The van der Waals surface area contributed by atoms with Gasteiger partial charge in [-0.2, -0.15) is 13.2 Å². The van der Waals surface area contributed by atoms with Crippen LogP contribution < -0.4 is 9.64 Å². The van der Waals surface area contributed by atoms with Gasteiger partial charge in [0.2, 0.25) is 11.8 Å². The summed E-state index contributed by atoms with van der Waals surface area (Å²) in [5.74, 6) is 0.232. The van der Waals surface area contributed by atoms with Gasteiger partial charge in [0.25, 0.3) is 0 Å². The van der Waals surface area contributed by atoms with Crippen molar-refractivity contribution in [2.75, 3.05) is 44.7 Å². The highest BCUT2D eigenvalue weighted by molar-refractivity contribution is 5.89. The minimum atomic E-state index is -4.39. The van der Waals surface area contributed by atoms with Crippen LogP contribution in [-0.4, -0.2) is 61.4 Å². The molecule has 2 aliphatic heterocycles. The predicted molar refractivity (Wildman–Crippen MR) is 117 cm³/mol.